The predicted octanol–water partition coefficient (Wildman–Crippen LogP) is 4.00. The fourth-order valence-corrected chi connectivity index (χ4v) is 3.68. The van der Waals surface area contributed by atoms with Crippen LogP contribution < -0.4 is 10.3 Å². The van der Waals surface area contributed by atoms with E-state index in [1.165, 1.54) is 4.57 Å². The van der Waals surface area contributed by atoms with Crippen LogP contribution in [0.15, 0.2) is 47.7 Å². The molecule has 0 unspecified atom stereocenters. The third-order valence-electron chi connectivity index (χ3n) is 5.66. The predicted molar refractivity (Wildman–Crippen MR) is 129 cm³/mol. The first kappa shape index (κ1) is 25.1. The van der Waals surface area contributed by atoms with Crippen molar-refractivity contribution < 1.29 is 18.6 Å². The minimum Gasteiger partial charge on any atom is -0.472 e. The number of rotatable bonds is 6. The first-order valence-corrected chi connectivity index (χ1v) is 11.1. The van der Waals surface area contributed by atoms with Gasteiger partial charge in [-0.25, -0.2) is 18.7 Å². The van der Waals surface area contributed by atoms with Gasteiger partial charge in [-0.3, -0.25) is 19.3 Å². The maximum Gasteiger partial charge on any atom is 0.261 e. The standard InChI is InChI=1S/C26H25F2N5O3/c1-14-8-22(36-13-21-18(28)9-16(27)12-31-21)33(5)24(34)23(14)17-10-20(30-11-15(17)2)19-6-7-29-25(32-19)26(3,4)35/h6-12,35H,13H2,1-5H3. The molecule has 0 fully saturated rings. The summed E-state index contributed by atoms with van der Waals surface area (Å²) in [6.45, 7) is 6.54. The molecule has 8 nitrogen and oxygen atoms in total. The number of hydrogen-bond acceptors (Lipinski definition) is 7. The monoisotopic (exact) mass is 493 g/mol. The van der Waals surface area contributed by atoms with Crippen LogP contribution in [-0.2, 0) is 19.3 Å². The van der Waals surface area contributed by atoms with Gasteiger partial charge in [-0.05, 0) is 56.5 Å². The molecule has 4 aromatic rings. The average molecular weight is 494 g/mol. The van der Waals surface area contributed by atoms with Crippen molar-refractivity contribution in [1.29, 1.82) is 0 Å². The van der Waals surface area contributed by atoms with Crippen LogP contribution in [0.5, 0.6) is 5.88 Å². The summed E-state index contributed by atoms with van der Waals surface area (Å²) in [6.07, 6.45) is 4.11. The lowest BCUT2D eigenvalue weighted by molar-refractivity contribution is 0.0688. The summed E-state index contributed by atoms with van der Waals surface area (Å²) >= 11 is 0. The minimum absolute atomic E-state index is 0.0736. The molecule has 0 spiro atoms. The number of aromatic nitrogens is 5. The van der Waals surface area contributed by atoms with Gasteiger partial charge in [-0.2, -0.15) is 0 Å². The maximum absolute atomic E-state index is 13.9. The normalized spacial score (nSPS) is 11.6. The molecule has 0 aliphatic carbocycles. The van der Waals surface area contributed by atoms with Crippen molar-refractivity contribution in [3.05, 3.63) is 87.5 Å². The lowest BCUT2D eigenvalue weighted by atomic mass is 9.98. The number of nitrogens with zero attached hydrogens (tertiary/aromatic N) is 5. The van der Waals surface area contributed by atoms with E-state index in [1.54, 1.807) is 58.4 Å². The molecule has 0 aliphatic rings. The zero-order valence-corrected chi connectivity index (χ0v) is 20.5. The van der Waals surface area contributed by atoms with Crippen molar-refractivity contribution in [3.63, 3.8) is 0 Å². The van der Waals surface area contributed by atoms with Gasteiger partial charge < -0.3 is 9.84 Å². The Hall–Kier alpha value is -4.05. The van der Waals surface area contributed by atoms with Gasteiger partial charge >= 0.3 is 0 Å². The van der Waals surface area contributed by atoms with Crippen LogP contribution in [0.4, 0.5) is 8.78 Å². The number of pyridine rings is 3. The number of halogens is 2. The van der Waals surface area contributed by atoms with Crippen molar-refractivity contribution in [1.82, 2.24) is 24.5 Å². The number of aryl methyl sites for hydroxylation is 2. The zero-order valence-electron chi connectivity index (χ0n) is 20.5. The number of hydrogen-bond donors (Lipinski definition) is 1. The van der Waals surface area contributed by atoms with Crippen LogP contribution in [0.2, 0.25) is 0 Å². The highest BCUT2D eigenvalue weighted by atomic mass is 19.1. The Morgan fingerprint density at radius 3 is 2.47 bits per heavy atom. The largest absolute Gasteiger partial charge is 0.472 e. The van der Waals surface area contributed by atoms with E-state index in [2.05, 4.69) is 19.9 Å². The molecular weight excluding hydrogens is 468 g/mol. The van der Waals surface area contributed by atoms with E-state index in [0.717, 1.165) is 17.8 Å². The average Bonchev–Trinajstić information content (AvgIpc) is 2.82. The first-order chi connectivity index (χ1) is 17.0. The lowest BCUT2D eigenvalue weighted by Crippen LogP contribution is -2.22. The lowest BCUT2D eigenvalue weighted by Gasteiger charge is -2.17. The molecule has 10 heteroatoms. The molecule has 0 atom stereocenters. The van der Waals surface area contributed by atoms with Gasteiger partial charge in [0.15, 0.2) is 17.5 Å². The molecule has 4 rings (SSSR count). The fraction of sp³-hybridized carbons (Fsp3) is 0.269. The summed E-state index contributed by atoms with van der Waals surface area (Å²) in [6, 6.07) is 5.86. The fourth-order valence-electron chi connectivity index (χ4n) is 3.68. The second-order valence-corrected chi connectivity index (χ2v) is 8.98. The summed E-state index contributed by atoms with van der Waals surface area (Å²) in [7, 11) is 1.55. The maximum atomic E-state index is 13.9. The van der Waals surface area contributed by atoms with Crippen molar-refractivity contribution >= 4 is 0 Å². The third kappa shape index (κ3) is 4.99. The van der Waals surface area contributed by atoms with Crippen LogP contribution in [0, 0.1) is 25.5 Å². The van der Waals surface area contributed by atoms with Gasteiger partial charge in [0, 0.05) is 31.6 Å². The molecule has 0 aromatic carbocycles. The van der Waals surface area contributed by atoms with Crippen LogP contribution >= 0.6 is 0 Å². The summed E-state index contributed by atoms with van der Waals surface area (Å²) in [5, 5.41) is 10.3. The molecule has 4 heterocycles. The topological polar surface area (TPSA) is 103 Å². The van der Waals surface area contributed by atoms with Gasteiger partial charge in [-0.15, -0.1) is 0 Å². The molecule has 0 amide bonds. The summed E-state index contributed by atoms with van der Waals surface area (Å²) < 4.78 is 34.0. The highest BCUT2D eigenvalue weighted by Gasteiger charge is 2.21. The molecule has 186 valence electrons. The molecule has 1 N–H and O–H groups in total. The Balaban J connectivity index is 1.72. The number of aliphatic hydroxyl groups is 1. The Morgan fingerprint density at radius 1 is 1.03 bits per heavy atom. The van der Waals surface area contributed by atoms with Crippen LogP contribution in [0.25, 0.3) is 22.5 Å². The van der Waals surface area contributed by atoms with Gasteiger partial charge in [0.05, 0.1) is 23.1 Å². The van der Waals surface area contributed by atoms with E-state index in [9.17, 15) is 18.7 Å². The van der Waals surface area contributed by atoms with E-state index in [-0.39, 0.29) is 29.6 Å². The molecule has 4 aromatic heterocycles. The van der Waals surface area contributed by atoms with E-state index < -0.39 is 17.2 Å². The number of ether oxygens (including phenoxy) is 1. The quantitative estimate of drug-likeness (QED) is 0.433. The highest BCUT2D eigenvalue weighted by Crippen LogP contribution is 2.29. The zero-order chi connectivity index (χ0) is 26.2. The minimum atomic E-state index is -1.22. The van der Waals surface area contributed by atoms with E-state index in [0.29, 0.717) is 28.1 Å². The summed E-state index contributed by atoms with van der Waals surface area (Å²) in [4.78, 5) is 30.1. The van der Waals surface area contributed by atoms with Crippen molar-refractivity contribution in [2.24, 2.45) is 7.05 Å². The molecule has 0 bridgehead atoms. The van der Waals surface area contributed by atoms with E-state index in [4.69, 9.17) is 4.74 Å². The Kier molecular flexibility index (Phi) is 6.64. The summed E-state index contributed by atoms with van der Waals surface area (Å²) in [5.41, 5.74) is 1.94. The molecule has 0 saturated heterocycles. The van der Waals surface area contributed by atoms with Crippen molar-refractivity contribution in [2.75, 3.05) is 0 Å². The van der Waals surface area contributed by atoms with Crippen LogP contribution in [0.3, 0.4) is 0 Å². The van der Waals surface area contributed by atoms with Gasteiger partial charge in [0.2, 0.25) is 0 Å². The van der Waals surface area contributed by atoms with Crippen LogP contribution in [-0.4, -0.2) is 29.6 Å². The SMILES string of the molecule is Cc1cnc(-c2ccnc(C(C)(C)O)n2)cc1-c1c(C)cc(OCc2ncc(F)cc2F)n(C)c1=O. The summed E-state index contributed by atoms with van der Waals surface area (Å²) in [5.74, 6) is -1.14. The van der Waals surface area contributed by atoms with Gasteiger partial charge in [0.25, 0.3) is 5.56 Å². The van der Waals surface area contributed by atoms with Gasteiger partial charge in [-0.1, -0.05) is 0 Å². The Bertz CT molecular complexity index is 1510. The van der Waals surface area contributed by atoms with Crippen LogP contribution in [0.1, 0.15) is 36.5 Å². The Morgan fingerprint density at radius 2 is 1.78 bits per heavy atom. The molecule has 0 radical (unpaired) electrons. The first-order valence-electron chi connectivity index (χ1n) is 11.1. The third-order valence-corrected chi connectivity index (χ3v) is 5.66. The smallest absolute Gasteiger partial charge is 0.261 e. The van der Waals surface area contributed by atoms with E-state index in [1.807, 2.05) is 6.92 Å². The van der Waals surface area contributed by atoms with Crippen molar-refractivity contribution in [3.8, 4) is 28.4 Å². The molecular formula is C26H25F2N5O3. The molecule has 36 heavy (non-hydrogen) atoms. The van der Waals surface area contributed by atoms with Gasteiger partial charge in [0.1, 0.15) is 23.7 Å². The second kappa shape index (κ2) is 9.54. The molecule has 0 aliphatic heterocycles. The Labute approximate surface area is 206 Å². The van der Waals surface area contributed by atoms with E-state index >= 15 is 0 Å². The molecule has 0 saturated carbocycles. The van der Waals surface area contributed by atoms with Crippen molar-refractivity contribution in [2.45, 2.75) is 39.9 Å². The highest BCUT2D eigenvalue weighted by molar-refractivity contribution is 5.73. The second-order valence-electron chi connectivity index (χ2n) is 8.98.